The number of pyridine rings is 1. The van der Waals surface area contributed by atoms with Crippen LogP contribution in [-0.4, -0.2) is 32.2 Å². The highest BCUT2D eigenvalue weighted by Crippen LogP contribution is 2.17. The van der Waals surface area contributed by atoms with E-state index >= 15 is 0 Å². The minimum Gasteiger partial charge on any atom is -0.394 e. The highest BCUT2D eigenvalue weighted by molar-refractivity contribution is 5.71. The molecule has 0 saturated carbocycles. The van der Waals surface area contributed by atoms with E-state index in [1.807, 2.05) is 26.0 Å². The molecule has 2 aromatic rings. The van der Waals surface area contributed by atoms with Crippen molar-refractivity contribution in [3.05, 3.63) is 24.5 Å². The van der Waals surface area contributed by atoms with Crippen molar-refractivity contribution in [1.82, 2.24) is 15.0 Å². The van der Waals surface area contributed by atoms with Gasteiger partial charge >= 0.3 is 0 Å². The quantitative estimate of drug-likeness (QED) is 0.837. The zero-order valence-electron chi connectivity index (χ0n) is 10.0. The molecule has 2 heterocycles. The number of nitrogens with one attached hydrogen (secondary N) is 1. The van der Waals surface area contributed by atoms with Crippen LogP contribution in [0.5, 0.6) is 0 Å². The number of aromatic nitrogens is 3. The average molecular weight is 232 g/mol. The van der Waals surface area contributed by atoms with Gasteiger partial charge in [-0.25, -0.2) is 9.97 Å². The van der Waals surface area contributed by atoms with Crippen molar-refractivity contribution in [3.8, 4) is 0 Å². The Morgan fingerprint density at radius 2 is 2.06 bits per heavy atom. The maximum atomic E-state index is 9.34. The van der Waals surface area contributed by atoms with Gasteiger partial charge in [-0.15, -0.1) is 0 Å². The Hall–Kier alpha value is -1.75. The molecule has 0 spiro atoms. The third-order valence-electron chi connectivity index (χ3n) is 2.89. The van der Waals surface area contributed by atoms with Crippen molar-refractivity contribution in [1.29, 1.82) is 0 Å². The van der Waals surface area contributed by atoms with Crippen molar-refractivity contribution in [2.24, 2.45) is 0 Å². The van der Waals surface area contributed by atoms with Crippen LogP contribution < -0.4 is 5.32 Å². The number of anilines is 1. The Bertz CT molecular complexity index is 511. The molecular weight excluding hydrogens is 216 g/mol. The van der Waals surface area contributed by atoms with Crippen LogP contribution in [0, 0.1) is 0 Å². The molecule has 2 rings (SSSR count). The van der Waals surface area contributed by atoms with Gasteiger partial charge in [-0.3, -0.25) is 4.98 Å². The van der Waals surface area contributed by atoms with Crippen LogP contribution in [0.3, 0.4) is 0 Å². The summed E-state index contributed by atoms with van der Waals surface area (Å²) in [5, 5.41) is 12.6. The highest BCUT2D eigenvalue weighted by atomic mass is 16.3. The van der Waals surface area contributed by atoms with E-state index in [4.69, 9.17) is 0 Å². The summed E-state index contributed by atoms with van der Waals surface area (Å²) in [6.07, 6.45) is 4.06. The molecule has 0 saturated heterocycles. The summed E-state index contributed by atoms with van der Waals surface area (Å²) in [5.74, 6) is 0.705. The average Bonchev–Trinajstić information content (AvgIpc) is 2.38. The first-order valence-electron chi connectivity index (χ1n) is 5.64. The molecule has 0 aliphatic carbocycles. The molecule has 0 fully saturated rings. The number of nitrogens with zero attached hydrogens (tertiary/aromatic N) is 3. The third kappa shape index (κ3) is 2.50. The number of hydrogen-bond donors (Lipinski definition) is 2. The van der Waals surface area contributed by atoms with Crippen LogP contribution in [0.25, 0.3) is 11.2 Å². The van der Waals surface area contributed by atoms with E-state index in [0.717, 1.165) is 11.9 Å². The predicted molar refractivity (Wildman–Crippen MR) is 66.7 cm³/mol. The number of fused-ring (bicyclic) bond motifs is 1. The molecule has 5 heteroatoms. The summed E-state index contributed by atoms with van der Waals surface area (Å²) < 4.78 is 0. The van der Waals surface area contributed by atoms with Crippen LogP contribution in [0.4, 0.5) is 5.82 Å². The molecule has 1 unspecified atom stereocenters. The number of aliphatic hydroxyl groups is 1. The fourth-order valence-electron chi connectivity index (χ4n) is 1.47. The lowest BCUT2D eigenvalue weighted by atomic mass is 10.0. The minimum atomic E-state index is -0.358. The van der Waals surface area contributed by atoms with Gasteiger partial charge in [-0.1, -0.05) is 6.92 Å². The summed E-state index contributed by atoms with van der Waals surface area (Å²) in [6.45, 7) is 4.03. The Labute approximate surface area is 99.9 Å². The lowest BCUT2D eigenvalue weighted by Crippen LogP contribution is -2.38. The van der Waals surface area contributed by atoms with Gasteiger partial charge < -0.3 is 10.4 Å². The van der Waals surface area contributed by atoms with E-state index in [2.05, 4.69) is 20.3 Å². The van der Waals surface area contributed by atoms with E-state index in [1.165, 1.54) is 0 Å². The second-order valence-electron chi connectivity index (χ2n) is 4.29. The predicted octanol–water partition coefficient (Wildman–Crippen LogP) is 1.60. The monoisotopic (exact) mass is 232 g/mol. The van der Waals surface area contributed by atoms with E-state index < -0.39 is 0 Å². The number of rotatable bonds is 4. The van der Waals surface area contributed by atoms with Crippen LogP contribution >= 0.6 is 0 Å². The smallest absolute Gasteiger partial charge is 0.180 e. The van der Waals surface area contributed by atoms with Crippen molar-refractivity contribution >= 4 is 17.0 Å². The maximum absolute atomic E-state index is 9.34. The van der Waals surface area contributed by atoms with Gasteiger partial charge in [0.1, 0.15) is 11.3 Å². The van der Waals surface area contributed by atoms with E-state index in [9.17, 15) is 5.11 Å². The fraction of sp³-hybridized carbons (Fsp3) is 0.417. The first kappa shape index (κ1) is 11.7. The number of aliphatic hydroxyl groups excluding tert-OH is 1. The van der Waals surface area contributed by atoms with Crippen molar-refractivity contribution in [2.75, 3.05) is 11.9 Å². The van der Waals surface area contributed by atoms with Crippen LogP contribution in [-0.2, 0) is 0 Å². The van der Waals surface area contributed by atoms with Gasteiger partial charge in [0.2, 0.25) is 0 Å². The molecule has 0 radical (unpaired) electrons. The number of hydrogen-bond acceptors (Lipinski definition) is 5. The van der Waals surface area contributed by atoms with Crippen molar-refractivity contribution in [2.45, 2.75) is 25.8 Å². The molecule has 90 valence electrons. The molecule has 2 aromatic heterocycles. The fourth-order valence-corrected chi connectivity index (χ4v) is 1.47. The van der Waals surface area contributed by atoms with Gasteiger partial charge in [-0.2, -0.15) is 0 Å². The Morgan fingerprint density at radius 1 is 1.29 bits per heavy atom. The molecule has 0 aliphatic heterocycles. The van der Waals surface area contributed by atoms with Gasteiger partial charge in [0.15, 0.2) is 5.65 Å². The molecule has 0 amide bonds. The largest absolute Gasteiger partial charge is 0.394 e. The molecular formula is C12H16N4O. The first-order chi connectivity index (χ1) is 8.17. The molecule has 17 heavy (non-hydrogen) atoms. The summed E-state index contributed by atoms with van der Waals surface area (Å²) >= 11 is 0. The summed E-state index contributed by atoms with van der Waals surface area (Å²) in [6, 6.07) is 3.71. The molecule has 0 aromatic carbocycles. The SMILES string of the molecule is CCC(C)(CO)Nc1ccc2nccnc2n1. The minimum absolute atomic E-state index is 0.0592. The van der Waals surface area contributed by atoms with Crippen LogP contribution in [0.15, 0.2) is 24.5 Å². The van der Waals surface area contributed by atoms with E-state index in [-0.39, 0.29) is 12.1 Å². The second kappa shape index (κ2) is 4.63. The zero-order chi connectivity index (χ0) is 12.3. The summed E-state index contributed by atoms with van der Waals surface area (Å²) in [4.78, 5) is 12.7. The molecule has 5 nitrogen and oxygen atoms in total. The topological polar surface area (TPSA) is 70.9 Å². The second-order valence-corrected chi connectivity index (χ2v) is 4.29. The summed E-state index contributed by atoms with van der Waals surface area (Å²) in [5.41, 5.74) is 1.01. The first-order valence-corrected chi connectivity index (χ1v) is 5.64. The highest BCUT2D eigenvalue weighted by Gasteiger charge is 2.20. The summed E-state index contributed by atoms with van der Waals surface area (Å²) in [7, 11) is 0. The maximum Gasteiger partial charge on any atom is 0.180 e. The van der Waals surface area contributed by atoms with Gasteiger partial charge in [0, 0.05) is 12.4 Å². The van der Waals surface area contributed by atoms with Gasteiger partial charge in [0.05, 0.1) is 12.1 Å². The third-order valence-corrected chi connectivity index (χ3v) is 2.89. The van der Waals surface area contributed by atoms with Crippen LogP contribution in [0.2, 0.25) is 0 Å². The molecule has 1 atom stereocenters. The van der Waals surface area contributed by atoms with Crippen LogP contribution in [0.1, 0.15) is 20.3 Å². The lowest BCUT2D eigenvalue weighted by Gasteiger charge is -2.27. The molecule has 0 aliphatic rings. The van der Waals surface area contributed by atoms with Gasteiger partial charge in [0.25, 0.3) is 0 Å². The Kier molecular flexibility index (Phi) is 3.19. The standard InChI is InChI=1S/C12H16N4O/c1-3-12(2,8-17)16-10-5-4-9-11(15-10)14-7-6-13-9/h4-7,17H,3,8H2,1-2H3,(H,14,15,16). The van der Waals surface area contributed by atoms with E-state index in [1.54, 1.807) is 12.4 Å². The van der Waals surface area contributed by atoms with Crippen molar-refractivity contribution in [3.63, 3.8) is 0 Å². The molecule has 2 N–H and O–H groups in total. The van der Waals surface area contributed by atoms with Crippen molar-refractivity contribution < 1.29 is 5.11 Å². The normalized spacial score (nSPS) is 14.5. The zero-order valence-corrected chi connectivity index (χ0v) is 10.0. The lowest BCUT2D eigenvalue weighted by molar-refractivity contribution is 0.218. The Balaban J connectivity index is 2.31. The Morgan fingerprint density at radius 3 is 2.76 bits per heavy atom. The van der Waals surface area contributed by atoms with E-state index in [0.29, 0.717) is 11.5 Å². The molecule has 0 bridgehead atoms. The van der Waals surface area contributed by atoms with Gasteiger partial charge in [-0.05, 0) is 25.5 Å².